The fraction of sp³-hybridized carbons (Fsp3) is 0.125. The van der Waals surface area contributed by atoms with Gasteiger partial charge in [0.15, 0.2) is 11.5 Å². The molecule has 0 fully saturated rings. The highest BCUT2D eigenvalue weighted by Gasteiger charge is 2.18. The van der Waals surface area contributed by atoms with Crippen molar-refractivity contribution < 1.29 is 19.1 Å². The van der Waals surface area contributed by atoms with Crippen molar-refractivity contribution in [1.29, 1.82) is 0 Å². The first kappa shape index (κ1) is 16.4. The number of rotatable bonds is 2. The third-order valence-corrected chi connectivity index (χ3v) is 3.75. The van der Waals surface area contributed by atoms with Gasteiger partial charge in [0.25, 0.3) is 0 Å². The molecule has 2 aromatic carbocycles. The van der Waals surface area contributed by atoms with Gasteiger partial charge in [0.05, 0.1) is 10.7 Å². The molecule has 2 N–H and O–H groups in total. The first-order chi connectivity index (χ1) is 11.5. The SMILES string of the molecule is O=C(Nc1ccc2c(c1)OCCO2)C(=O)Nc1cc(Cl)ccc1Cl. The minimum Gasteiger partial charge on any atom is -0.486 e. The van der Waals surface area contributed by atoms with Crippen LogP contribution in [-0.2, 0) is 9.59 Å². The summed E-state index contributed by atoms with van der Waals surface area (Å²) < 4.78 is 10.8. The zero-order chi connectivity index (χ0) is 17.1. The van der Waals surface area contributed by atoms with Gasteiger partial charge in [0, 0.05) is 16.8 Å². The molecule has 124 valence electrons. The zero-order valence-electron chi connectivity index (χ0n) is 12.3. The summed E-state index contributed by atoms with van der Waals surface area (Å²) in [5, 5.41) is 5.56. The molecule has 24 heavy (non-hydrogen) atoms. The van der Waals surface area contributed by atoms with Crippen LogP contribution in [0.1, 0.15) is 0 Å². The van der Waals surface area contributed by atoms with E-state index in [0.29, 0.717) is 35.4 Å². The van der Waals surface area contributed by atoms with Gasteiger partial charge in [0.2, 0.25) is 0 Å². The molecular weight excluding hydrogens is 355 g/mol. The van der Waals surface area contributed by atoms with E-state index in [0.717, 1.165) is 0 Å². The molecule has 1 aliphatic rings. The lowest BCUT2D eigenvalue weighted by molar-refractivity contribution is -0.132. The monoisotopic (exact) mass is 366 g/mol. The Morgan fingerprint density at radius 1 is 0.875 bits per heavy atom. The van der Waals surface area contributed by atoms with Crippen LogP contribution in [0.3, 0.4) is 0 Å². The van der Waals surface area contributed by atoms with Crippen LogP contribution in [0.4, 0.5) is 11.4 Å². The van der Waals surface area contributed by atoms with E-state index in [2.05, 4.69) is 10.6 Å². The second-order valence-corrected chi connectivity index (χ2v) is 5.73. The second-order valence-electron chi connectivity index (χ2n) is 4.89. The fourth-order valence-corrected chi connectivity index (χ4v) is 2.42. The van der Waals surface area contributed by atoms with Crippen LogP contribution in [0.25, 0.3) is 0 Å². The van der Waals surface area contributed by atoms with Crippen molar-refractivity contribution >= 4 is 46.4 Å². The Kier molecular flexibility index (Phi) is 4.78. The normalized spacial score (nSPS) is 12.4. The van der Waals surface area contributed by atoms with Gasteiger partial charge < -0.3 is 20.1 Å². The lowest BCUT2D eigenvalue weighted by atomic mass is 10.2. The summed E-state index contributed by atoms with van der Waals surface area (Å²) >= 11 is 11.8. The van der Waals surface area contributed by atoms with Gasteiger partial charge in [-0.05, 0) is 30.3 Å². The second kappa shape index (κ2) is 6.98. The summed E-state index contributed by atoms with van der Waals surface area (Å²) in [4.78, 5) is 24.0. The number of nitrogens with one attached hydrogen (secondary N) is 2. The molecule has 6 nitrogen and oxygen atoms in total. The number of anilines is 2. The summed E-state index contributed by atoms with van der Waals surface area (Å²) in [6, 6.07) is 9.43. The highest BCUT2D eigenvalue weighted by Crippen LogP contribution is 2.32. The molecule has 2 aromatic rings. The largest absolute Gasteiger partial charge is 0.486 e. The molecule has 1 aliphatic heterocycles. The van der Waals surface area contributed by atoms with Crippen LogP contribution >= 0.6 is 23.2 Å². The van der Waals surface area contributed by atoms with E-state index in [4.69, 9.17) is 32.7 Å². The molecule has 0 aliphatic carbocycles. The van der Waals surface area contributed by atoms with Crippen molar-refractivity contribution in [2.45, 2.75) is 0 Å². The van der Waals surface area contributed by atoms with E-state index < -0.39 is 11.8 Å². The Morgan fingerprint density at radius 2 is 1.58 bits per heavy atom. The van der Waals surface area contributed by atoms with E-state index in [9.17, 15) is 9.59 Å². The van der Waals surface area contributed by atoms with Crippen LogP contribution in [0, 0.1) is 0 Å². The number of fused-ring (bicyclic) bond motifs is 1. The van der Waals surface area contributed by atoms with E-state index in [-0.39, 0.29) is 10.7 Å². The quantitative estimate of drug-likeness (QED) is 0.799. The van der Waals surface area contributed by atoms with Gasteiger partial charge in [-0.3, -0.25) is 9.59 Å². The highest BCUT2D eigenvalue weighted by molar-refractivity contribution is 6.45. The highest BCUT2D eigenvalue weighted by atomic mass is 35.5. The average Bonchev–Trinajstić information content (AvgIpc) is 2.58. The summed E-state index contributed by atoms with van der Waals surface area (Å²) in [6.07, 6.45) is 0. The van der Waals surface area contributed by atoms with E-state index in [1.807, 2.05) is 0 Å². The van der Waals surface area contributed by atoms with Crippen LogP contribution in [0.2, 0.25) is 10.0 Å². The molecule has 0 radical (unpaired) electrons. The maximum atomic E-state index is 12.0. The van der Waals surface area contributed by atoms with Crippen molar-refractivity contribution in [3.8, 4) is 11.5 Å². The molecule has 0 saturated heterocycles. The van der Waals surface area contributed by atoms with Crippen molar-refractivity contribution in [1.82, 2.24) is 0 Å². The minimum absolute atomic E-state index is 0.256. The van der Waals surface area contributed by atoms with Crippen molar-refractivity contribution in [3.63, 3.8) is 0 Å². The molecular formula is C16H12Cl2N2O4. The summed E-state index contributed by atoms with van der Waals surface area (Å²) in [7, 11) is 0. The van der Waals surface area contributed by atoms with Gasteiger partial charge in [-0.25, -0.2) is 0 Å². The molecule has 0 atom stereocenters. The summed E-state index contributed by atoms with van der Waals surface area (Å²) in [5.74, 6) is -0.608. The number of halogens is 2. The van der Waals surface area contributed by atoms with Crippen LogP contribution in [-0.4, -0.2) is 25.0 Å². The van der Waals surface area contributed by atoms with E-state index in [1.165, 1.54) is 12.1 Å². The lowest BCUT2D eigenvalue weighted by Crippen LogP contribution is -2.29. The van der Waals surface area contributed by atoms with Gasteiger partial charge in [-0.2, -0.15) is 0 Å². The maximum absolute atomic E-state index is 12.0. The first-order valence-corrected chi connectivity index (χ1v) is 7.75. The average molecular weight is 367 g/mol. The van der Waals surface area contributed by atoms with Crippen LogP contribution in [0.5, 0.6) is 11.5 Å². The number of amides is 2. The van der Waals surface area contributed by atoms with Gasteiger partial charge in [-0.15, -0.1) is 0 Å². The third-order valence-electron chi connectivity index (χ3n) is 3.18. The molecule has 8 heteroatoms. The standard InChI is InChI=1S/C16H12Cl2N2O4/c17-9-1-3-11(18)12(7-9)20-16(22)15(21)19-10-2-4-13-14(8-10)24-6-5-23-13/h1-4,7-8H,5-6H2,(H,19,21)(H,20,22). The molecule has 2 amide bonds. The number of ether oxygens (including phenoxy) is 2. The Balaban J connectivity index is 1.68. The fourth-order valence-electron chi connectivity index (χ4n) is 2.08. The third kappa shape index (κ3) is 3.72. The molecule has 0 bridgehead atoms. The smallest absolute Gasteiger partial charge is 0.314 e. The number of hydrogen-bond acceptors (Lipinski definition) is 4. The Labute approximate surface area is 147 Å². The Morgan fingerprint density at radius 3 is 2.38 bits per heavy atom. The summed E-state index contributed by atoms with van der Waals surface area (Å²) in [6.45, 7) is 0.902. The predicted molar refractivity (Wildman–Crippen MR) is 91.2 cm³/mol. The van der Waals surface area contributed by atoms with Gasteiger partial charge in [-0.1, -0.05) is 23.2 Å². The van der Waals surface area contributed by atoms with Crippen LogP contribution in [0.15, 0.2) is 36.4 Å². The van der Waals surface area contributed by atoms with Gasteiger partial charge in [0.1, 0.15) is 13.2 Å². The van der Waals surface area contributed by atoms with Crippen LogP contribution < -0.4 is 20.1 Å². The summed E-state index contributed by atoms with van der Waals surface area (Å²) in [5.41, 5.74) is 0.670. The molecule has 0 saturated carbocycles. The molecule has 1 heterocycles. The van der Waals surface area contributed by atoms with E-state index >= 15 is 0 Å². The zero-order valence-corrected chi connectivity index (χ0v) is 13.8. The van der Waals surface area contributed by atoms with Crippen molar-refractivity contribution in [2.75, 3.05) is 23.8 Å². The van der Waals surface area contributed by atoms with E-state index in [1.54, 1.807) is 24.3 Å². The van der Waals surface area contributed by atoms with Gasteiger partial charge >= 0.3 is 11.8 Å². The van der Waals surface area contributed by atoms with Crippen molar-refractivity contribution in [2.24, 2.45) is 0 Å². The lowest BCUT2D eigenvalue weighted by Gasteiger charge is -2.18. The first-order valence-electron chi connectivity index (χ1n) is 7.00. The number of hydrogen-bond donors (Lipinski definition) is 2. The Hall–Kier alpha value is -2.44. The molecule has 0 spiro atoms. The topological polar surface area (TPSA) is 76.7 Å². The number of carbonyl (C=O) groups is 2. The molecule has 3 rings (SSSR count). The number of carbonyl (C=O) groups excluding carboxylic acids is 2. The minimum atomic E-state index is -0.867. The Bertz CT molecular complexity index is 811. The molecule has 0 unspecified atom stereocenters. The number of benzene rings is 2. The molecule has 0 aromatic heterocycles. The van der Waals surface area contributed by atoms with Crippen molar-refractivity contribution in [3.05, 3.63) is 46.4 Å². The maximum Gasteiger partial charge on any atom is 0.314 e. The predicted octanol–water partition coefficient (Wildman–Crippen LogP) is 3.34.